The highest BCUT2D eigenvalue weighted by Gasteiger charge is 2.12. The Morgan fingerprint density at radius 3 is 2.41 bits per heavy atom. The third-order valence-electron chi connectivity index (χ3n) is 4.72. The van der Waals surface area contributed by atoms with Crippen molar-refractivity contribution in [3.05, 3.63) is 81.1 Å². The SMILES string of the molecule is COc1ccc(C(=O)C=Cc2ccc(OC)c(Cn3nc(C)c(Br)c3C)c2)cc1. The van der Waals surface area contributed by atoms with Crippen LogP contribution in [0.25, 0.3) is 6.08 Å². The van der Waals surface area contributed by atoms with Gasteiger partial charge in [0.15, 0.2) is 5.78 Å². The predicted octanol–water partition coefficient (Wildman–Crippen LogP) is 5.22. The molecule has 2 aromatic carbocycles. The van der Waals surface area contributed by atoms with Gasteiger partial charge in [-0.25, -0.2) is 0 Å². The van der Waals surface area contributed by atoms with E-state index in [9.17, 15) is 4.79 Å². The number of methoxy groups -OCH3 is 2. The molecule has 0 atom stereocenters. The summed E-state index contributed by atoms with van der Waals surface area (Å²) in [5, 5.41) is 4.57. The molecule has 0 N–H and O–H groups in total. The molecule has 0 spiro atoms. The van der Waals surface area contributed by atoms with Gasteiger partial charge in [0.1, 0.15) is 11.5 Å². The summed E-state index contributed by atoms with van der Waals surface area (Å²) in [4.78, 5) is 12.4. The zero-order valence-corrected chi connectivity index (χ0v) is 18.5. The van der Waals surface area contributed by atoms with Gasteiger partial charge in [0.25, 0.3) is 0 Å². The minimum atomic E-state index is -0.0625. The highest BCUT2D eigenvalue weighted by molar-refractivity contribution is 9.10. The molecule has 0 unspecified atom stereocenters. The smallest absolute Gasteiger partial charge is 0.185 e. The maximum Gasteiger partial charge on any atom is 0.185 e. The second-order valence-electron chi connectivity index (χ2n) is 6.64. The molecule has 29 heavy (non-hydrogen) atoms. The van der Waals surface area contributed by atoms with Crippen LogP contribution in [0.1, 0.15) is 32.9 Å². The quantitative estimate of drug-likeness (QED) is 0.362. The summed E-state index contributed by atoms with van der Waals surface area (Å²) in [5.41, 5.74) is 4.53. The van der Waals surface area contributed by atoms with E-state index in [0.29, 0.717) is 12.1 Å². The number of benzene rings is 2. The van der Waals surface area contributed by atoms with Crippen molar-refractivity contribution in [1.29, 1.82) is 0 Å². The van der Waals surface area contributed by atoms with Crippen molar-refractivity contribution < 1.29 is 14.3 Å². The standard InChI is InChI=1S/C23H23BrN2O3/c1-15-23(24)16(2)26(25-15)14-19-13-17(6-12-22(19)29-4)5-11-21(27)18-7-9-20(28-3)10-8-18/h5-13H,14H2,1-4H3. The zero-order valence-electron chi connectivity index (χ0n) is 16.9. The minimum Gasteiger partial charge on any atom is -0.497 e. The molecule has 0 saturated heterocycles. The van der Waals surface area contributed by atoms with Crippen LogP contribution in [0.2, 0.25) is 0 Å². The second kappa shape index (κ2) is 9.09. The lowest BCUT2D eigenvalue weighted by atomic mass is 10.1. The second-order valence-corrected chi connectivity index (χ2v) is 7.43. The molecular formula is C23H23BrN2O3. The van der Waals surface area contributed by atoms with Crippen molar-refractivity contribution in [3.8, 4) is 11.5 Å². The molecule has 0 bridgehead atoms. The van der Waals surface area contributed by atoms with E-state index in [1.54, 1.807) is 44.6 Å². The highest BCUT2D eigenvalue weighted by Crippen LogP contribution is 2.25. The number of rotatable bonds is 7. The molecule has 0 fully saturated rings. The molecule has 6 heteroatoms. The first-order valence-electron chi connectivity index (χ1n) is 9.15. The fraction of sp³-hybridized carbons (Fsp3) is 0.217. The monoisotopic (exact) mass is 454 g/mol. The average Bonchev–Trinajstić information content (AvgIpc) is 2.98. The lowest BCUT2D eigenvalue weighted by molar-refractivity contribution is 0.104. The van der Waals surface area contributed by atoms with Crippen LogP contribution in [0, 0.1) is 13.8 Å². The molecule has 0 aliphatic carbocycles. The van der Waals surface area contributed by atoms with Gasteiger partial charge in [-0.1, -0.05) is 12.1 Å². The molecule has 0 amide bonds. The van der Waals surface area contributed by atoms with Gasteiger partial charge in [-0.2, -0.15) is 5.10 Å². The first-order chi connectivity index (χ1) is 13.9. The van der Waals surface area contributed by atoms with Crippen molar-refractivity contribution in [2.75, 3.05) is 14.2 Å². The van der Waals surface area contributed by atoms with Crippen molar-refractivity contribution in [2.24, 2.45) is 0 Å². The number of ether oxygens (including phenoxy) is 2. The lowest BCUT2D eigenvalue weighted by Crippen LogP contribution is -2.06. The third-order valence-corrected chi connectivity index (χ3v) is 5.87. The number of carbonyl (C=O) groups excluding carboxylic acids is 1. The van der Waals surface area contributed by atoms with Crippen LogP contribution in [-0.2, 0) is 6.54 Å². The van der Waals surface area contributed by atoms with Gasteiger partial charge >= 0.3 is 0 Å². The van der Waals surface area contributed by atoms with Crippen molar-refractivity contribution in [2.45, 2.75) is 20.4 Å². The first kappa shape index (κ1) is 20.9. The molecule has 150 valence electrons. The molecule has 0 radical (unpaired) electrons. The van der Waals surface area contributed by atoms with Crippen molar-refractivity contribution >= 4 is 27.8 Å². The molecule has 0 aliphatic rings. The zero-order chi connectivity index (χ0) is 21.0. The van der Waals surface area contributed by atoms with Crippen LogP contribution in [0.15, 0.2) is 53.0 Å². The number of carbonyl (C=O) groups is 1. The fourth-order valence-corrected chi connectivity index (χ4v) is 3.32. The number of allylic oxidation sites excluding steroid dienone is 1. The molecule has 1 heterocycles. The summed E-state index contributed by atoms with van der Waals surface area (Å²) in [5.74, 6) is 1.45. The molecule has 3 aromatic rings. The largest absolute Gasteiger partial charge is 0.497 e. The van der Waals surface area contributed by atoms with E-state index in [2.05, 4.69) is 21.0 Å². The summed E-state index contributed by atoms with van der Waals surface area (Å²) in [6.45, 7) is 4.57. The topological polar surface area (TPSA) is 53.4 Å². The van der Waals surface area contributed by atoms with Crippen LogP contribution < -0.4 is 9.47 Å². The molecule has 1 aromatic heterocycles. The van der Waals surface area contributed by atoms with Crippen LogP contribution in [-0.4, -0.2) is 29.8 Å². The van der Waals surface area contributed by atoms with Gasteiger partial charge < -0.3 is 9.47 Å². The summed E-state index contributed by atoms with van der Waals surface area (Å²) >= 11 is 3.56. The Morgan fingerprint density at radius 1 is 1.10 bits per heavy atom. The normalized spacial score (nSPS) is 11.1. The maximum absolute atomic E-state index is 12.4. The van der Waals surface area contributed by atoms with Gasteiger partial charge in [0.2, 0.25) is 0 Å². The van der Waals surface area contributed by atoms with E-state index < -0.39 is 0 Å². The number of halogens is 1. The number of hydrogen-bond acceptors (Lipinski definition) is 4. The van der Waals surface area contributed by atoms with Gasteiger partial charge in [-0.05, 0) is 77.8 Å². The van der Waals surface area contributed by atoms with Gasteiger partial charge in [0.05, 0.1) is 36.6 Å². The van der Waals surface area contributed by atoms with E-state index in [-0.39, 0.29) is 5.78 Å². The van der Waals surface area contributed by atoms with Gasteiger partial charge in [0, 0.05) is 11.1 Å². The van der Waals surface area contributed by atoms with E-state index in [1.165, 1.54) is 0 Å². The Kier molecular flexibility index (Phi) is 6.54. The molecule has 0 saturated carbocycles. The summed E-state index contributed by atoms with van der Waals surface area (Å²) in [6, 6.07) is 12.9. The van der Waals surface area contributed by atoms with E-state index in [4.69, 9.17) is 9.47 Å². The molecule has 0 aliphatic heterocycles. The Bertz CT molecular complexity index is 1050. The predicted molar refractivity (Wildman–Crippen MR) is 118 cm³/mol. The fourth-order valence-electron chi connectivity index (χ4n) is 3.04. The first-order valence-corrected chi connectivity index (χ1v) is 9.95. The average molecular weight is 455 g/mol. The van der Waals surface area contributed by atoms with E-state index in [1.807, 2.05) is 42.8 Å². The Hall–Kier alpha value is -2.86. The summed E-state index contributed by atoms with van der Waals surface area (Å²) in [6.07, 6.45) is 3.39. The number of aryl methyl sites for hydroxylation is 1. The number of hydrogen-bond donors (Lipinski definition) is 0. The van der Waals surface area contributed by atoms with E-state index >= 15 is 0 Å². The third kappa shape index (κ3) is 4.77. The van der Waals surface area contributed by atoms with Crippen LogP contribution in [0.5, 0.6) is 11.5 Å². The highest BCUT2D eigenvalue weighted by atomic mass is 79.9. The van der Waals surface area contributed by atoms with Crippen LogP contribution in [0.4, 0.5) is 0 Å². The lowest BCUT2D eigenvalue weighted by Gasteiger charge is -2.11. The van der Waals surface area contributed by atoms with Crippen molar-refractivity contribution in [1.82, 2.24) is 9.78 Å². The molecule has 3 rings (SSSR count). The minimum absolute atomic E-state index is 0.0625. The Balaban J connectivity index is 1.82. The molecule has 5 nitrogen and oxygen atoms in total. The number of aromatic nitrogens is 2. The number of ketones is 1. The molecular weight excluding hydrogens is 432 g/mol. The Morgan fingerprint density at radius 2 is 1.83 bits per heavy atom. The summed E-state index contributed by atoms with van der Waals surface area (Å²) in [7, 11) is 3.25. The Labute approximate surface area is 179 Å². The summed E-state index contributed by atoms with van der Waals surface area (Å²) < 4.78 is 13.6. The van der Waals surface area contributed by atoms with Crippen LogP contribution in [0.3, 0.4) is 0 Å². The van der Waals surface area contributed by atoms with Crippen molar-refractivity contribution in [3.63, 3.8) is 0 Å². The van der Waals surface area contributed by atoms with E-state index in [0.717, 1.165) is 38.5 Å². The van der Waals surface area contributed by atoms with Crippen LogP contribution >= 0.6 is 15.9 Å². The van der Waals surface area contributed by atoms with Gasteiger partial charge in [-0.15, -0.1) is 0 Å². The number of nitrogens with zero attached hydrogens (tertiary/aromatic N) is 2. The van der Waals surface area contributed by atoms with Gasteiger partial charge in [-0.3, -0.25) is 9.48 Å². The maximum atomic E-state index is 12.4.